The van der Waals surface area contributed by atoms with Gasteiger partial charge in [0.1, 0.15) is 0 Å². The maximum atomic E-state index is 3.27. The lowest BCUT2D eigenvalue weighted by atomic mass is 9.93. The molecule has 2 fully saturated rings. The molecule has 2 aliphatic rings. The van der Waals surface area contributed by atoms with Crippen molar-refractivity contribution in [1.29, 1.82) is 0 Å². The van der Waals surface area contributed by atoms with Crippen LogP contribution in [0.5, 0.6) is 0 Å². The zero-order valence-corrected chi connectivity index (χ0v) is 14.0. The van der Waals surface area contributed by atoms with Gasteiger partial charge in [0.15, 0.2) is 0 Å². The SMILES string of the molecule is CNCCC1CCN(Cc2ccc(C3CC3)cc2)CC1.Cl. The standard InChI is InChI=1S/C18H28N2.ClH/c1-19-11-8-15-9-12-20(13-10-15)14-16-2-4-17(5-3-16)18-6-7-18;/h2-5,15,18-19H,6-14H2,1H3;1H. The van der Waals surface area contributed by atoms with Crippen LogP contribution in [0.4, 0.5) is 0 Å². The van der Waals surface area contributed by atoms with E-state index >= 15 is 0 Å². The summed E-state index contributed by atoms with van der Waals surface area (Å²) in [4.78, 5) is 2.63. The van der Waals surface area contributed by atoms with Crippen LogP contribution in [0.2, 0.25) is 0 Å². The molecule has 0 unspecified atom stereocenters. The van der Waals surface area contributed by atoms with Gasteiger partial charge in [-0.3, -0.25) is 4.90 Å². The zero-order valence-electron chi connectivity index (χ0n) is 13.2. The molecular weight excluding hydrogens is 280 g/mol. The van der Waals surface area contributed by atoms with Crippen LogP contribution in [-0.2, 0) is 6.54 Å². The van der Waals surface area contributed by atoms with Crippen molar-refractivity contribution in [1.82, 2.24) is 10.2 Å². The number of piperidine rings is 1. The minimum atomic E-state index is 0. The monoisotopic (exact) mass is 308 g/mol. The number of halogens is 1. The largest absolute Gasteiger partial charge is 0.320 e. The van der Waals surface area contributed by atoms with Crippen LogP contribution in [0, 0.1) is 5.92 Å². The van der Waals surface area contributed by atoms with E-state index in [0.29, 0.717) is 0 Å². The molecule has 0 amide bonds. The number of benzene rings is 1. The third kappa shape index (κ3) is 4.98. The molecule has 3 heteroatoms. The highest BCUT2D eigenvalue weighted by molar-refractivity contribution is 5.85. The van der Waals surface area contributed by atoms with Gasteiger partial charge in [0.05, 0.1) is 0 Å². The quantitative estimate of drug-likeness (QED) is 0.860. The highest BCUT2D eigenvalue weighted by Gasteiger charge is 2.23. The molecule has 1 aliphatic carbocycles. The van der Waals surface area contributed by atoms with E-state index in [9.17, 15) is 0 Å². The second-order valence-electron chi connectivity index (χ2n) is 6.63. The predicted octanol–water partition coefficient (Wildman–Crippen LogP) is 3.81. The molecule has 1 heterocycles. The van der Waals surface area contributed by atoms with Crippen molar-refractivity contribution in [3.63, 3.8) is 0 Å². The number of nitrogens with one attached hydrogen (secondary N) is 1. The lowest BCUT2D eigenvalue weighted by Crippen LogP contribution is -2.34. The van der Waals surface area contributed by atoms with Crippen molar-refractivity contribution in [2.75, 3.05) is 26.7 Å². The smallest absolute Gasteiger partial charge is 0.0233 e. The molecule has 1 saturated carbocycles. The maximum Gasteiger partial charge on any atom is 0.0233 e. The van der Waals surface area contributed by atoms with Crippen molar-refractivity contribution < 1.29 is 0 Å². The van der Waals surface area contributed by atoms with Gasteiger partial charge in [-0.2, -0.15) is 0 Å². The van der Waals surface area contributed by atoms with Gasteiger partial charge in [-0.05, 0) is 81.7 Å². The molecule has 2 nitrogen and oxygen atoms in total. The second kappa shape index (κ2) is 8.17. The third-order valence-electron chi connectivity index (χ3n) is 4.94. The Morgan fingerprint density at radius 3 is 2.29 bits per heavy atom. The molecule has 1 aromatic rings. The molecular formula is C18H29ClN2. The second-order valence-corrected chi connectivity index (χ2v) is 6.63. The van der Waals surface area contributed by atoms with Crippen LogP contribution >= 0.6 is 12.4 Å². The first kappa shape index (κ1) is 16.8. The highest BCUT2D eigenvalue weighted by Crippen LogP contribution is 2.39. The van der Waals surface area contributed by atoms with Gasteiger partial charge in [0.25, 0.3) is 0 Å². The molecule has 1 aromatic carbocycles. The summed E-state index contributed by atoms with van der Waals surface area (Å²) in [7, 11) is 2.06. The van der Waals surface area contributed by atoms with Crippen LogP contribution in [0.25, 0.3) is 0 Å². The summed E-state index contributed by atoms with van der Waals surface area (Å²) in [5.74, 6) is 1.82. The van der Waals surface area contributed by atoms with Crippen molar-refractivity contribution in [2.45, 2.75) is 44.6 Å². The van der Waals surface area contributed by atoms with Gasteiger partial charge in [0.2, 0.25) is 0 Å². The molecule has 0 bridgehead atoms. The van der Waals surface area contributed by atoms with E-state index in [-0.39, 0.29) is 12.4 Å². The van der Waals surface area contributed by atoms with Gasteiger partial charge in [-0.25, -0.2) is 0 Å². The van der Waals surface area contributed by atoms with E-state index in [1.807, 2.05) is 0 Å². The summed E-state index contributed by atoms with van der Waals surface area (Å²) >= 11 is 0. The molecule has 21 heavy (non-hydrogen) atoms. The third-order valence-corrected chi connectivity index (χ3v) is 4.94. The summed E-state index contributed by atoms with van der Waals surface area (Å²) in [6, 6.07) is 9.40. The summed E-state index contributed by atoms with van der Waals surface area (Å²) < 4.78 is 0. The van der Waals surface area contributed by atoms with Crippen molar-refractivity contribution >= 4 is 12.4 Å². The average Bonchev–Trinajstić information content (AvgIpc) is 3.32. The van der Waals surface area contributed by atoms with E-state index in [1.165, 1.54) is 57.3 Å². The molecule has 0 spiro atoms. The Balaban J connectivity index is 0.00000161. The van der Waals surface area contributed by atoms with Gasteiger partial charge in [0, 0.05) is 6.54 Å². The minimum absolute atomic E-state index is 0. The molecule has 1 saturated heterocycles. The maximum absolute atomic E-state index is 3.27. The molecule has 0 radical (unpaired) electrons. The Morgan fingerprint density at radius 2 is 1.71 bits per heavy atom. The van der Waals surface area contributed by atoms with E-state index in [0.717, 1.165) is 18.4 Å². The Hall–Kier alpha value is -0.570. The highest BCUT2D eigenvalue weighted by atomic mass is 35.5. The average molecular weight is 309 g/mol. The van der Waals surface area contributed by atoms with Gasteiger partial charge in [-0.1, -0.05) is 24.3 Å². The van der Waals surface area contributed by atoms with Gasteiger partial charge >= 0.3 is 0 Å². The van der Waals surface area contributed by atoms with E-state index < -0.39 is 0 Å². The van der Waals surface area contributed by atoms with Crippen molar-refractivity contribution in [3.8, 4) is 0 Å². The molecule has 0 atom stereocenters. The number of likely N-dealkylation sites (tertiary alicyclic amines) is 1. The summed E-state index contributed by atoms with van der Waals surface area (Å²) in [6.45, 7) is 4.87. The summed E-state index contributed by atoms with van der Waals surface area (Å²) in [5, 5.41) is 3.27. The number of hydrogen-bond donors (Lipinski definition) is 1. The van der Waals surface area contributed by atoms with E-state index in [1.54, 1.807) is 5.56 Å². The van der Waals surface area contributed by atoms with Crippen molar-refractivity contribution in [2.24, 2.45) is 5.92 Å². The lowest BCUT2D eigenvalue weighted by Gasteiger charge is -2.32. The zero-order chi connectivity index (χ0) is 13.8. The van der Waals surface area contributed by atoms with Crippen molar-refractivity contribution in [3.05, 3.63) is 35.4 Å². The van der Waals surface area contributed by atoms with Gasteiger partial charge in [-0.15, -0.1) is 12.4 Å². The number of hydrogen-bond acceptors (Lipinski definition) is 2. The van der Waals surface area contributed by atoms with Crippen LogP contribution in [0.3, 0.4) is 0 Å². The van der Waals surface area contributed by atoms with Gasteiger partial charge < -0.3 is 5.32 Å². The first-order valence-corrected chi connectivity index (χ1v) is 8.31. The number of nitrogens with zero attached hydrogens (tertiary/aromatic N) is 1. The molecule has 1 N–H and O–H groups in total. The Labute approximate surface area is 135 Å². The fourth-order valence-corrected chi connectivity index (χ4v) is 3.35. The minimum Gasteiger partial charge on any atom is -0.320 e. The summed E-state index contributed by atoms with van der Waals surface area (Å²) in [6.07, 6.45) is 6.91. The summed E-state index contributed by atoms with van der Waals surface area (Å²) in [5.41, 5.74) is 3.04. The Kier molecular flexibility index (Phi) is 6.53. The fourth-order valence-electron chi connectivity index (χ4n) is 3.35. The lowest BCUT2D eigenvalue weighted by molar-refractivity contribution is 0.172. The normalized spacial score (nSPS) is 20.2. The van der Waals surface area contributed by atoms with Crippen LogP contribution in [-0.4, -0.2) is 31.6 Å². The van der Waals surface area contributed by atoms with E-state index in [2.05, 4.69) is 41.5 Å². The van der Waals surface area contributed by atoms with Crippen LogP contribution in [0.1, 0.15) is 49.1 Å². The fraction of sp³-hybridized carbons (Fsp3) is 0.667. The first-order valence-electron chi connectivity index (χ1n) is 8.31. The number of rotatable bonds is 6. The molecule has 0 aromatic heterocycles. The molecule has 3 rings (SSSR count). The van der Waals surface area contributed by atoms with Crippen LogP contribution in [0.15, 0.2) is 24.3 Å². The first-order chi connectivity index (χ1) is 9.85. The Bertz CT molecular complexity index is 406. The van der Waals surface area contributed by atoms with E-state index in [4.69, 9.17) is 0 Å². The Morgan fingerprint density at radius 1 is 1.05 bits per heavy atom. The predicted molar refractivity (Wildman–Crippen MR) is 92.2 cm³/mol. The molecule has 1 aliphatic heterocycles. The van der Waals surface area contributed by atoms with Crippen LogP contribution < -0.4 is 5.32 Å². The topological polar surface area (TPSA) is 15.3 Å². The molecule has 118 valence electrons.